The molecule has 106 valence electrons. The first-order valence-corrected chi connectivity index (χ1v) is 7.56. The molecule has 0 N–H and O–H groups in total. The fourth-order valence-corrected chi connectivity index (χ4v) is 2.87. The molecule has 0 saturated carbocycles. The van der Waals surface area contributed by atoms with Crippen molar-refractivity contribution >= 4 is 32.7 Å². The van der Waals surface area contributed by atoms with Gasteiger partial charge in [-0.3, -0.25) is 4.79 Å². The zero-order valence-electron chi connectivity index (χ0n) is 11.9. The van der Waals surface area contributed by atoms with E-state index in [2.05, 4.69) is 20.9 Å². The van der Waals surface area contributed by atoms with Gasteiger partial charge in [0.05, 0.1) is 17.5 Å². The molecule has 1 aromatic heterocycles. The Kier molecular flexibility index (Phi) is 3.64. The predicted octanol–water partition coefficient (Wildman–Crippen LogP) is 4.07. The predicted molar refractivity (Wildman–Crippen MR) is 87.6 cm³/mol. The average Bonchev–Trinajstić information content (AvgIpc) is 2.79. The van der Waals surface area contributed by atoms with Crippen molar-refractivity contribution < 1.29 is 4.79 Å². The monoisotopic (exact) mass is 342 g/mol. The lowest BCUT2D eigenvalue weighted by atomic mass is 10.0. The van der Waals surface area contributed by atoms with Crippen LogP contribution in [-0.4, -0.2) is 15.3 Å². The second kappa shape index (κ2) is 5.45. The minimum atomic E-state index is 0.0900. The molecule has 0 spiro atoms. The second-order valence-electron chi connectivity index (χ2n) is 5.09. The molecule has 21 heavy (non-hydrogen) atoms. The second-order valence-corrected chi connectivity index (χ2v) is 5.94. The number of benzene rings is 2. The number of rotatable bonds is 3. The van der Waals surface area contributed by atoms with E-state index < -0.39 is 0 Å². The van der Waals surface area contributed by atoms with Gasteiger partial charge in [0.1, 0.15) is 5.82 Å². The number of carbonyl (C=O) groups is 1. The number of para-hydroxylation sites is 2. The maximum Gasteiger partial charge on any atom is 0.170 e. The van der Waals surface area contributed by atoms with E-state index in [1.165, 1.54) is 0 Å². The quantitative estimate of drug-likeness (QED) is 0.672. The summed E-state index contributed by atoms with van der Waals surface area (Å²) in [4.78, 5) is 17.1. The molecule has 0 unspecified atom stereocenters. The van der Waals surface area contributed by atoms with Crippen LogP contribution in [-0.2, 0) is 13.5 Å². The van der Waals surface area contributed by atoms with Crippen molar-refractivity contribution in [1.29, 1.82) is 0 Å². The van der Waals surface area contributed by atoms with Crippen LogP contribution in [0.3, 0.4) is 0 Å². The molecule has 0 atom stereocenters. The number of nitrogens with zero attached hydrogens (tertiary/aromatic N) is 2. The Morgan fingerprint density at radius 3 is 2.71 bits per heavy atom. The Hall–Kier alpha value is -1.94. The number of aryl methyl sites for hydroxylation is 1. The average molecular weight is 343 g/mol. The van der Waals surface area contributed by atoms with Gasteiger partial charge in [0.2, 0.25) is 0 Å². The molecule has 0 radical (unpaired) electrons. The van der Waals surface area contributed by atoms with Gasteiger partial charge in [-0.1, -0.05) is 40.2 Å². The van der Waals surface area contributed by atoms with Gasteiger partial charge in [-0.15, -0.1) is 0 Å². The first kappa shape index (κ1) is 14.0. The van der Waals surface area contributed by atoms with Crippen LogP contribution in [0.5, 0.6) is 0 Å². The topological polar surface area (TPSA) is 34.9 Å². The van der Waals surface area contributed by atoms with E-state index in [0.717, 1.165) is 32.5 Å². The molecule has 4 heteroatoms. The fourth-order valence-electron chi connectivity index (χ4n) is 2.50. The van der Waals surface area contributed by atoms with Crippen molar-refractivity contribution in [1.82, 2.24) is 9.55 Å². The number of aromatic nitrogens is 2. The van der Waals surface area contributed by atoms with E-state index in [0.29, 0.717) is 6.42 Å². The molecule has 0 bridgehead atoms. The van der Waals surface area contributed by atoms with Gasteiger partial charge >= 0.3 is 0 Å². The zero-order chi connectivity index (χ0) is 15.0. The van der Waals surface area contributed by atoms with Crippen molar-refractivity contribution in [2.45, 2.75) is 13.3 Å². The molecule has 1 heterocycles. The van der Waals surface area contributed by atoms with Gasteiger partial charge in [-0.05, 0) is 30.7 Å². The lowest BCUT2D eigenvalue weighted by Crippen LogP contribution is -2.10. The summed E-state index contributed by atoms with van der Waals surface area (Å²) >= 11 is 3.47. The number of halogens is 1. The largest absolute Gasteiger partial charge is 0.331 e. The summed E-state index contributed by atoms with van der Waals surface area (Å²) < 4.78 is 2.94. The first-order valence-electron chi connectivity index (χ1n) is 6.76. The van der Waals surface area contributed by atoms with Crippen molar-refractivity contribution in [2.75, 3.05) is 0 Å². The minimum Gasteiger partial charge on any atom is -0.331 e. The summed E-state index contributed by atoms with van der Waals surface area (Å²) in [7, 11) is 1.95. The molecule has 3 nitrogen and oxygen atoms in total. The van der Waals surface area contributed by atoms with Gasteiger partial charge < -0.3 is 4.57 Å². The summed E-state index contributed by atoms with van der Waals surface area (Å²) in [6.07, 6.45) is 0.308. The Morgan fingerprint density at radius 1 is 1.19 bits per heavy atom. The van der Waals surface area contributed by atoms with Gasteiger partial charge in [0, 0.05) is 17.1 Å². The van der Waals surface area contributed by atoms with E-state index in [-0.39, 0.29) is 5.78 Å². The summed E-state index contributed by atoms with van der Waals surface area (Å²) in [5.41, 5.74) is 3.69. The molecule has 0 amide bonds. The van der Waals surface area contributed by atoms with Gasteiger partial charge in [-0.2, -0.15) is 0 Å². The molecular weight excluding hydrogens is 328 g/mol. The van der Waals surface area contributed by atoms with E-state index in [1.54, 1.807) is 0 Å². The zero-order valence-corrected chi connectivity index (χ0v) is 13.5. The summed E-state index contributed by atoms with van der Waals surface area (Å²) in [5.74, 6) is 0.882. The van der Waals surface area contributed by atoms with E-state index in [1.807, 2.05) is 61.0 Å². The minimum absolute atomic E-state index is 0.0900. The number of imidazole rings is 1. The molecule has 2 aromatic carbocycles. The summed E-state index contributed by atoms with van der Waals surface area (Å²) in [6.45, 7) is 1.95. The number of hydrogen-bond donors (Lipinski definition) is 0. The van der Waals surface area contributed by atoms with Gasteiger partial charge in [-0.25, -0.2) is 4.98 Å². The third-order valence-corrected chi connectivity index (χ3v) is 4.63. The highest BCUT2D eigenvalue weighted by molar-refractivity contribution is 9.10. The van der Waals surface area contributed by atoms with Crippen molar-refractivity contribution in [3.8, 4) is 0 Å². The summed E-state index contributed by atoms with van der Waals surface area (Å²) in [6, 6.07) is 13.6. The Balaban J connectivity index is 1.97. The van der Waals surface area contributed by atoms with E-state index in [9.17, 15) is 4.79 Å². The Labute approximate surface area is 131 Å². The standard InChI is InChI=1S/C17H15BrN2O/c1-11-12(6-5-7-13(11)18)16(21)10-17-19-14-8-3-4-9-15(14)20(17)2/h3-9H,10H2,1-2H3. The van der Waals surface area contributed by atoms with Crippen LogP contribution in [0.2, 0.25) is 0 Å². The van der Waals surface area contributed by atoms with Crippen LogP contribution in [0, 0.1) is 6.92 Å². The number of ketones is 1. The third-order valence-electron chi connectivity index (χ3n) is 3.77. The molecule has 0 aliphatic rings. The molecule has 3 rings (SSSR count). The van der Waals surface area contributed by atoms with Crippen LogP contribution in [0.4, 0.5) is 0 Å². The van der Waals surface area contributed by atoms with Crippen LogP contribution in [0.1, 0.15) is 21.7 Å². The number of carbonyl (C=O) groups excluding carboxylic acids is 1. The molecule has 0 saturated heterocycles. The maximum absolute atomic E-state index is 12.5. The molecular formula is C17H15BrN2O. The smallest absolute Gasteiger partial charge is 0.170 e. The van der Waals surface area contributed by atoms with E-state index >= 15 is 0 Å². The van der Waals surface area contributed by atoms with Crippen molar-refractivity contribution in [2.24, 2.45) is 7.05 Å². The lowest BCUT2D eigenvalue weighted by Gasteiger charge is -2.07. The molecule has 0 aliphatic heterocycles. The van der Waals surface area contributed by atoms with Gasteiger partial charge in [0.15, 0.2) is 5.78 Å². The highest BCUT2D eigenvalue weighted by atomic mass is 79.9. The van der Waals surface area contributed by atoms with Crippen LogP contribution < -0.4 is 0 Å². The highest BCUT2D eigenvalue weighted by Gasteiger charge is 2.15. The van der Waals surface area contributed by atoms with Crippen molar-refractivity contribution in [3.63, 3.8) is 0 Å². The Bertz CT molecular complexity index is 836. The maximum atomic E-state index is 12.5. The first-order chi connectivity index (χ1) is 10.1. The molecule has 3 aromatic rings. The number of hydrogen-bond acceptors (Lipinski definition) is 2. The fraction of sp³-hybridized carbons (Fsp3) is 0.176. The number of Topliss-reactive ketones (excluding diaryl/α,β-unsaturated/α-hetero) is 1. The van der Waals surface area contributed by atoms with Crippen LogP contribution in [0.25, 0.3) is 11.0 Å². The number of fused-ring (bicyclic) bond motifs is 1. The Morgan fingerprint density at radius 2 is 1.95 bits per heavy atom. The normalized spacial score (nSPS) is 11.0. The van der Waals surface area contributed by atoms with Gasteiger partial charge in [0.25, 0.3) is 0 Å². The lowest BCUT2D eigenvalue weighted by molar-refractivity contribution is 0.0989. The van der Waals surface area contributed by atoms with Crippen LogP contribution >= 0.6 is 15.9 Å². The van der Waals surface area contributed by atoms with Crippen LogP contribution in [0.15, 0.2) is 46.9 Å². The highest BCUT2D eigenvalue weighted by Crippen LogP contribution is 2.21. The SMILES string of the molecule is Cc1c(Br)cccc1C(=O)Cc1nc2ccccc2n1C. The van der Waals surface area contributed by atoms with Crippen molar-refractivity contribution in [3.05, 3.63) is 63.9 Å². The molecule has 0 aliphatic carbocycles. The molecule has 0 fully saturated rings. The summed E-state index contributed by atoms with van der Waals surface area (Å²) in [5, 5.41) is 0. The third kappa shape index (κ3) is 2.51. The van der Waals surface area contributed by atoms with E-state index in [4.69, 9.17) is 0 Å².